The number of aliphatic hydroxyl groups is 1. The van der Waals surface area contributed by atoms with Crippen molar-refractivity contribution in [1.82, 2.24) is 15.5 Å². The number of rotatable bonds is 11. The lowest BCUT2D eigenvalue weighted by Crippen LogP contribution is -2.58. The molecular formula is C33H39ClN4O6S. The lowest BCUT2D eigenvalue weighted by molar-refractivity contribution is -0.147. The molecule has 3 aromatic carbocycles. The summed E-state index contributed by atoms with van der Waals surface area (Å²) in [7, 11) is 3.02. The Labute approximate surface area is 272 Å². The highest BCUT2D eigenvalue weighted by Crippen LogP contribution is 2.40. The number of hydrogen-bond donors (Lipinski definition) is 4. The molecule has 1 fully saturated rings. The molecule has 1 saturated heterocycles. The number of nitrogen functional groups attached to an aromatic ring is 1. The number of thioether (sulfide) groups is 1. The second-order valence-electron chi connectivity index (χ2n) is 11.4. The summed E-state index contributed by atoms with van der Waals surface area (Å²) in [6, 6.07) is 15.5. The third-order valence-electron chi connectivity index (χ3n) is 7.88. The molecule has 0 radical (unpaired) electrons. The predicted molar refractivity (Wildman–Crippen MR) is 177 cm³/mol. The van der Waals surface area contributed by atoms with Crippen molar-refractivity contribution in [1.29, 1.82) is 0 Å². The van der Waals surface area contributed by atoms with Gasteiger partial charge >= 0.3 is 0 Å². The molecule has 1 aliphatic heterocycles. The van der Waals surface area contributed by atoms with E-state index in [1.165, 1.54) is 36.9 Å². The second kappa shape index (κ2) is 14.4. The molecule has 0 bridgehead atoms. The number of carbonyl (C=O) groups excluding carboxylic acids is 3. The number of anilines is 1. The van der Waals surface area contributed by atoms with Crippen LogP contribution in [0.3, 0.4) is 0 Å². The zero-order valence-corrected chi connectivity index (χ0v) is 27.5. The Bertz CT molecular complexity index is 1550. The number of aryl methyl sites for hydroxylation is 1. The van der Waals surface area contributed by atoms with Crippen molar-refractivity contribution in [3.8, 4) is 11.5 Å². The molecule has 3 amide bonds. The van der Waals surface area contributed by atoms with E-state index >= 15 is 0 Å². The second-order valence-corrected chi connectivity index (χ2v) is 13.4. The van der Waals surface area contributed by atoms with E-state index in [-0.39, 0.29) is 34.5 Å². The fourth-order valence-electron chi connectivity index (χ4n) is 5.29. The van der Waals surface area contributed by atoms with Gasteiger partial charge in [0.25, 0.3) is 11.8 Å². The van der Waals surface area contributed by atoms with Crippen molar-refractivity contribution in [2.45, 2.75) is 56.7 Å². The van der Waals surface area contributed by atoms with Gasteiger partial charge in [-0.25, -0.2) is 0 Å². The van der Waals surface area contributed by atoms with E-state index in [0.29, 0.717) is 23.6 Å². The summed E-state index contributed by atoms with van der Waals surface area (Å²) in [4.78, 5) is 42.4. The van der Waals surface area contributed by atoms with E-state index in [1.54, 1.807) is 30.3 Å². The highest BCUT2D eigenvalue weighted by molar-refractivity contribution is 8.00. The smallest absolute Gasteiger partial charge is 0.254 e. The van der Waals surface area contributed by atoms with Gasteiger partial charge in [-0.05, 0) is 68.1 Å². The van der Waals surface area contributed by atoms with Crippen LogP contribution < -0.4 is 25.8 Å². The number of nitrogens with two attached hydrogens (primary N) is 1. The zero-order valence-electron chi connectivity index (χ0n) is 25.9. The minimum atomic E-state index is -1.72. The number of amides is 3. The Morgan fingerprint density at radius 3 is 2.40 bits per heavy atom. The minimum Gasteiger partial charge on any atom is -0.497 e. The minimum absolute atomic E-state index is 0.0284. The fourth-order valence-corrected chi connectivity index (χ4v) is 6.65. The van der Waals surface area contributed by atoms with Crippen LogP contribution in [-0.4, -0.2) is 70.8 Å². The number of methoxy groups -OCH3 is 2. The van der Waals surface area contributed by atoms with Gasteiger partial charge in [0.05, 0.1) is 42.4 Å². The Morgan fingerprint density at radius 1 is 1.09 bits per heavy atom. The number of hydrogen-bond acceptors (Lipinski definition) is 8. The predicted octanol–water partition coefficient (Wildman–Crippen LogP) is 3.95. The van der Waals surface area contributed by atoms with Gasteiger partial charge in [-0.15, -0.1) is 11.8 Å². The molecule has 0 aromatic heterocycles. The Morgan fingerprint density at radius 2 is 1.76 bits per heavy atom. The number of ether oxygens (including phenoxy) is 2. The Balaban J connectivity index is 1.62. The molecule has 3 aromatic rings. The normalized spacial score (nSPS) is 16.9. The maximum absolute atomic E-state index is 14.0. The van der Waals surface area contributed by atoms with E-state index in [1.807, 2.05) is 45.0 Å². The largest absolute Gasteiger partial charge is 0.497 e. The van der Waals surface area contributed by atoms with Crippen LogP contribution in [0.15, 0.2) is 60.7 Å². The summed E-state index contributed by atoms with van der Waals surface area (Å²) < 4.78 is 10.1. The molecule has 1 heterocycles. The number of benzene rings is 3. The number of carbonyl (C=O) groups is 3. The first-order valence-corrected chi connectivity index (χ1v) is 15.7. The van der Waals surface area contributed by atoms with Crippen LogP contribution in [-0.2, 0) is 22.6 Å². The summed E-state index contributed by atoms with van der Waals surface area (Å²) in [5.41, 5.74) is 8.85. The first kappa shape index (κ1) is 34.0. The van der Waals surface area contributed by atoms with E-state index in [0.717, 1.165) is 11.1 Å². The van der Waals surface area contributed by atoms with E-state index < -0.39 is 34.7 Å². The first-order chi connectivity index (χ1) is 21.4. The van der Waals surface area contributed by atoms with Gasteiger partial charge < -0.3 is 35.8 Å². The van der Waals surface area contributed by atoms with E-state index in [9.17, 15) is 19.5 Å². The van der Waals surface area contributed by atoms with Gasteiger partial charge in [0, 0.05) is 17.4 Å². The number of nitrogens with one attached hydrogen (secondary N) is 2. The van der Waals surface area contributed by atoms with Crippen LogP contribution in [0.2, 0.25) is 5.02 Å². The van der Waals surface area contributed by atoms with Crippen LogP contribution >= 0.6 is 23.4 Å². The maximum Gasteiger partial charge on any atom is 0.254 e. The van der Waals surface area contributed by atoms with Gasteiger partial charge in [-0.1, -0.05) is 41.9 Å². The standard InChI is InChI=1S/C33H39ClN4O6S/c1-19-9-6-7-10-21(19)17-36-31(41)29-33(2,3)45-18-38(29)32(42)28(39)26(15-20-13-22(43-4)16-23(14-20)44-5)37-30(40)24-11-8-12-25(35)27(24)34/h6-14,16,26,28-29,39H,15,17-18,35H2,1-5H3,(H,36,41)(H,37,40)/t26-,28-,29+/m0/s1. The number of aliphatic hydroxyl groups excluding tert-OH is 1. The lowest BCUT2D eigenvalue weighted by atomic mass is 9.96. The summed E-state index contributed by atoms with van der Waals surface area (Å²) in [6.45, 7) is 6.04. The monoisotopic (exact) mass is 654 g/mol. The van der Waals surface area contributed by atoms with Crippen molar-refractivity contribution in [2.75, 3.05) is 25.8 Å². The van der Waals surface area contributed by atoms with E-state index in [4.69, 9.17) is 26.8 Å². The summed E-state index contributed by atoms with van der Waals surface area (Å²) >= 11 is 7.76. The molecule has 45 heavy (non-hydrogen) atoms. The van der Waals surface area contributed by atoms with Gasteiger partial charge in [0.2, 0.25) is 5.91 Å². The van der Waals surface area contributed by atoms with Gasteiger partial charge in [-0.2, -0.15) is 0 Å². The molecule has 12 heteroatoms. The highest BCUT2D eigenvalue weighted by atomic mass is 35.5. The van der Waals surface area contributed by atoms with Gasteiger partial charge in [0.15, 0.2) is 6.10 Å². The van der Waals surface area contributed by atoms with Crippen LogP contribution in [0.4, 0.5) is 5.69 Å². The average Bonchev–Trinajstić information content (AvgIpc) is 3.35. The highest BCUT2D eigenvalue weighted by Gasteiger charge is 2.49. The van der Waals surface area contributed by atoms with Crippen molar-refractivity contribution in [3.05, 3.63) is 87.9 Å². The van der Waals surface area contributed by atoms with Crippen LogP contribution in [0.25, 0.3) is 0 Å². The molecule has 0 aliphatic carbocycles. The lowest BCUT2D eigenvalue weighted by Gasteiger charge is -2.33. The molecule has 10 nitrogen and oxygen atoms in total. The Kier molecular flexibility index (Phi) is 10.9. The van der Waals surface area contributed by atoms with Gasteiger partial charge in [-0.3, -0.25) is 14.4 Å². The number of halogens is 1. The maximum atomic E-state index is 14.0. The molecule has 0 unspecified atom stereocenters. The van der Waals surface area contributed by atoms with Crippen molar-refractivity contribution in [3.63, 3.8) is 0 Å². The van der Waals surface area contributed by atoms with Crippen molar-refractivity contribution >= 4 is 46.8 Å². The zero-order chi connectivity index (χ0) is 32.9. The molecular weight excluding hydrogens is 616 g/mol. The van der Waals surface area contributed by atoms with Gasteiger partial charge in [0.1, 0.15) is 17.5 Å². The molecule has 0 saturated carbocycles. The van der Waals surface area contributed by atoms with Crippen LogP contribution in [0.1, 0.15) is 40.9 Å². The summed E-state index contributed by atoms with van der Waals surface area (Å²) in [6.07, 6.45) is -1.69. The number of nitrogens with zero attached hydrogens (tertiary/aromatic N) is 1. The first-order valence-electron chi connectivity index (χ1n) is 14.4. The van der Waals surface area contributed by atoms with Crippen molar-refractivity contribution in [2.24, 2.45) is 0 Å². The molecule has 3 atom stereocenters. The third kappa shape index (κ3) is 7.84. The Hall–Kier alpha value is -3.93. The molecule has 0 spiro atoms. The molecule has 1 aliphatic rings. The molecule has 240 valence electrons. The molecule has 5 N–H and O–H groups in total. The average molecular weight is 655 g/mol. The quantitative estimate of drug-likeness (QED) is 0.228. The van der Waals surface area contributed by atoms with Crippen molar-refractivity contribution < 1.29 is 29.0 Å². The van der Waals surface area contributed by atoms with Crippen LogP contribution in [0, 0.1) is 6.92 Å². The topological polar surface area (TPSA) is 143 Å². The van der Waals surface area contributed by atoms with Crippen LogP contribution in [0.5, 0.6) is 11.5 Å². The third-order valence-corrected chi connectivity index (χ3v) is 9.68. The summed E-state index contributed by atoms with van der Waals surface area (Å²) in [5, 5.41) is 17.4. The SMILES string of the molecule is COc1cc(C[C@H](NC(=O)c2cccc(N)c2Cl)[C@H](O)C(=O)N2CSC(C)(C)[C@H]2C(=O)NCc2ccccc2C)cc(OC)c1. The molecule has 4 rings (SSSR count). The van der Waals surface area contributed by atoms with E-state index in [2.05, 4.69) is 10.6 Å². The summed E-state index contributed by atoms with van der Waals surface area (Å²) in [5.74, 6) is -0.474. The fraction of sp³-hybridized carbons (Fsp3) is 0.364.